The third-order valence-corrected chi connectivity index (χ3v) is 4.59. The molecule has 0 saturated carbocycles. The fourth-order valence-corrected chi connectivity index (χ4v) is 3.02. The van der Waals surface area contributed by atoms with Crippen LogP contribution in [-0.2, 0) is 0 Å². The van der Waals surface area contributed by atoms with E-state index in [0.717, 1.165) is 28.7 Å². The normalized spacial score (nSPS) is 11.2. The number of nitrogens with one attached hydrogen (secondary N) is 1. The smallest absolute Gasteiger partial charge is 0.263 e. The van der Waals surface area contributed by atoms with Gasteiger partial charge in [0.1, 0.15) is 4.88 Å². The van der Waals surface area contributed by atoms with E-state index in [2.05, 4.69) is 17.1 Å². The Morgan fingerprint density at radius 3 is 2.90 bits per heavy atom. The Kier molecular flexibility index (Phi) is 4.62. The molecule has 0 radical (unpaired) electrons. The fraction of sp³-hybridized carbons (Fsp3) is 0.400. The van der Waals surface area contributed by atoms with Gasteiger partial charge in [0.2, 0.25) is 0 Å². The summed E-state index contributed by atoms with van der Waals surface area (Å²) in [6.45, 7) is 6.56. The Labute approximate surface area is 123 Å². The summed E-state index contributed by atoms with van der Waals surface area (Å²) in [6.07, 6.45) is 0. The lowest BCUT2D eigenvalue weighted by molar-refractivity contribution is 0.0955. The first kappa shape index (κ1) is 14.8. The molecule has 4 nitrogen and oxygen atoms in total. The van der Waals surface area contributed by atoms with E-state index in [-0.39, 0.29) is 5.91 Å². The number of benzene rings is 1. The highest BCUT2D eigenvalue weighted by atomic mass is 32.1. The number of thiophene rings is 1. The molecule has 2 rings (SSSR count). The number of carbonyl (C=O) groups is 1. The standard InChI is InChI=1S/C15H21N3OS/c1-4-18(3)8-7-17-15(19)14-13(16)11-9-10(2)5-6-12(11)20-14/h5-6,9H,4,7-8,16H2,1-3H3,(H,17,19). The number of fused-ring (bicyclic) bond motifs is 1. The third kappa shape index (κ3) is 3.11. The van der Waals surface area contributed by atoms with Crippen molar-refractivity contribution in [2.24, 2.45) is 0 Å². The first-order chi connectivity index (χ1) is 9.52. The van der Waals surface area contributed by atoms with Crippen molar-refractivity contribution >= 4 is 33.0 Å². The second-order valence-corrected chi connectivity index (χ2v) is 6.05. The molecule has 1 amide bonds. The summed E-state index contributed by atoms with van der Waals surface area (Å²) in [6, 6.07) is 6.09. The van der Waals surface area contributed by atoms with Gasteiger partial charge in [-0.15, -0.1) is 11.3 Å². The molecule has 0 unspecified atom stereocenters. The number of rotatable bonds is 5. The molecule has 20 heavy (non-hydrogen) atoms. The number of likely N-dealkylation sites (N-methyl/N-ethyl adjacent to an activating group) is 1. The molecule has 0 spiro atoms. The predicted octanol–water partition coefficient (Wildman–Crippen LogP) is 2.47. The molecule has 1 heterocycles. The molecule has 1 aromatic heterocycles. The van der Waals surface area contributed by atoms with Gasteiger partial charge in [-0.05, 0) is 32.6 Å². The SMILES string of the molecule is CCN(C)CCNC(=O)c1sc2ccc(C)cc2c1N. The van der Waals surface area contributed by atoms with Crippen molar-refractivity contribution in [2.75, 3.05) is 32.4 Å². The summed E-state index contributed by atoms with van der Waals surface area (Å²) in [4.78, 5) is 15.0. The van der Waals surface area contributed by atoms with Crippen molar-refractivity contribution in [3.8, 4) is 0 Å². The van der Waals surface area contributed by atoms with Gasteiger partial charge in [-0.3, -0.25) is 4.79 Å². The number of nitrogen functional groups attached to an aromatic ring is 1. The molecule has 1 aromatic carbocycles. The van der Waals surface area contributed by atoms with Gasteiger partial charge in [0.15, 0.2) is 0 Å². The lowest BCUT2D eigenvalue weighted by atomic mass is 10.1. The van der Waals surface area contributed by atoms with E-state index in [1.165, 1.54) is 11.3 Å². The van der Waals surface area contributed by atoms with Crippen molar-refractivity contribution in [2.45, 2.75) is 13.8 Å². The van der Waals surface area contributed by atoms with Crippen LogP contribution in [0.2, 0.25) is 0 Å². The van der Waals surface area contributed by atoms with Gasteiger partial charge in [0.05, 0.1) is 5.69 Å². The van der Waals surface area contributed by atoms with E-state index in [0.29, 0.717) is 17.1 Å². The molecule has 108 valence electrons. The van der Waals surface area contributed by atoms with Crippen molar-refractivity contribution in [3.63, 3.8) is 0 Å². The molecule has 5 heteroatoms. The van der Waals surface area contributed by atoms with Crippen LogP contribution in [0.3, 0.4) is 0 Å². The van der Waals surface area contributed by atoms with Crippen molar-refractivity contribution in [1.82, 2.24) is 10.2 Å². The van der Waals surface area contributed by atoms with Gasteiger partial charge < -0.3 is 16.0 Å². The first-order valence-electron chi connectivity index (χ1n) is 6.78. The lowest BCUT2D eigenvalue weighted by Gasteiger charge is -2.13. The molecule has 0 aliphatic heterocycles. The number of amides is 1. The molecule has 0 atom stereocenters. The summed E-state index contributed by atoms with van der Waals surface area (Å²) in [5.74, 6) is -0.0779. The van der Waals surface area contributed by atoms with Gasteiger partial charge in [0, 0.05) is 23.2 Å². The first-order valence-corrected chi connectivity index (χ1v) is 7.60. The maximum atomic E-state index is 12.2. The van der Waals surface area contributed by atoms with Crippen LogP contribution in [0.4, 0.5) is 5.69 Å². The highest BCUT2D eigenvalue weighted by Gasteiger charge is 2.16. The Bertz CT molecular complexity index is 621. The quantitative estimate of drug-likeness (QED) is 0.889. The van der Waals surface area contributed by atoms with Crippen molar-refractivity contribution in [1.29, 1.82) is 0 Å². The minimum atomic E-state index is -0.0779. The highest BCUT2D eigenvalue weighted by molar-refractivity contribution is 7.21. The molecule has 0 saturated heterocycles. The largest absolute Gasteiger partial charge is 0.397 e. The maximum Gasteiger partial charge on any atom is 0.263 e. The summed E-state index contributed by atoms with van der Waals surface area (Å²) < 4.78 is 1.06. The molecule has 0 fully saturated rings. The van der Waals surface area contributed by atoms with Gasteiger partial charge in [0.25, 0.3) is 5.91 Å². The summed E-state index contributed by atoms with van der Waals surface area (Å²) in [7, 11) is 2.03. The Morgan fingerprint density at radius 2 is 2.20 bits per heavy atom. The van der Waals surface area contributed by atoms with E-state index >= 15 is 0 Å². The average molecular weight is 291 g/mol. The number of nitrogens with zero attached hydrogens (tertiary/aromatic N) is 1. The second-order valence-electron chi connectivity index (χ2n) is 5.00. The van der Waals surface area contributed by atoms with Gasteiger partial charge in [-0.25, -0.2) is 0 Å². The van der Waals surface area contributed by atoms with Crippen LogP contribution in [0.5, 0.6) is 0 Å². The lowest BCUT2D eigenvalue weighted by Crippen LogP contribution is -2.32. The monoisotopic (exact) mass is 291 g/mol. The summed E-state index contributed by atoms with van der Waals surface area (Å²) in [5, 5.41) is 3.91. The number of aryl methyl sites for hydroxylation is 1. The molecule has 2 aromatic rings. The molecule has 0 bridgehead atoms. The van der Waals surface area contributed by atoms with Crippen molar-refractivity contribution in [3.05, 3.63) is 28.6 Å². The van der Waals surface area contributed by atoms with Gasteiger partial charge in [-0.2, -0.15) is 0 Å². The topological polar surface area (TPSA) is 58.4 Å². The van der Waals surface area contributed by atoms with Gasteiger partial charge in [-0.1, -0.05) is 18.6 Å². The zero-order chi connectivity index (χ0) is 14.7. The maximum absolute atomic E-state index is 12.2. The van der Waals surface area contributed by atoms with E-state index < -0.39 is 0 Å². The van der Waals surface area contributed by atoms with Crippen LogP contribution in [0.25, 0.3) is 10.1 Å². The minimum Gasteiger partial charge on any atom is -0.397 e. The van der Waals surface area contributed by atoms with Crippen molar-refractivity contribution < 1.29 is 4.79 Å². The number of hydrogen-bond donors (Lipinski definition) is 2. The van der Waals surface area contributed by atoms with E-state index in [1.807, 2.05) is 32.2 Å². The Balaban J connectivity index is 2.12. The second kappa shape index (κ2) is 6.24. The summed E-state index contributed by atoms with van der Waals surface area (Å²) >= 11 is 1.45. The van der Waals surface area contributed by atoms with Crippen LogP contribution in [-0.4, -0.2) is 37.5 Å². The Hall–Kier alpha value is -1.59. The number of hydrogen-bond acceptors (Lipinski definition) is 4. The predicted molar refractivity (Wildman–Crippen MR) is 86.5 cm³/mol. The third-order valence-electron chi connectivity index (χ3n) is 3.41. The Morgan fingerprint density at radius 1 is 1.45 bits per heavy atom. The van der Waals surface area contributed by atoms with Crippen LogP contribution >= 0.6 is 11.3 Å². The summed E-state index contributed by atoms with van der Waals surface area (Å²) in [5.41, 5.74) is 7.85. The fourth-order valence-electron chi connectivity index (χ4n) is 2.00. The van der Waals surface area contributed by atoms with Gasteiger partial charge >= 0.3 is 0 Å². The van der Waals surface area contributed by atoms with E-state index in [9.17, 15) is 4.79 Å². The molecular weight excluding hydrogens is 270 g/mol. The van der Waals surface area contributed by atoms with Crippen LogP contribution < -0.4 is 11.1 Å². The molecular formula is C15H21N3OS. The highest BCUT2D eigenvalue weighted by Crippen LogP contribution is 2.34. The zero-order valence-electron chi connectivity index (χ0n) is 12.2. The number of anilines is 1. The average Bonchev–Trinajstić information content (AvgIpc) is 2.75. The number of carbonyl (C=O) groups excluding carboxylic acids is 1. The van der Waals surface area contributed by atoms with Crippen LogP contribution in [0.15, 0.2) is 18.2 Å². The van der Waals surface area contributed by atoms with E-state index in [4.69, 9.17) is 5.73 Å². The minimum absolute atomic E-state index is 0.0779. The van der Waals surface area contributed by atoms with E-state index in [1.54, 1.807) is 0 Å². The van der Waals surface area contributed by atoms with Crippen LogP contribution in [0.1, 0.15) is 22.2 Å². The van der Waals surface area contributed by atoms with Crippen LogP contribution in [0, 0.1) is 6.92 Å². The number of nitrogens with two attached hydrogens (primary N) is 1. The molecule has 3 N–H and O–H groups in total. The zero-order valence-corrected chi connectivity index (χ0v) is 13.0. The molecule has 0 aliphatic carbocycles. The molecule has 0 aliphatic rings.